The number of cyclic esters (lactones) is 1. The summed E-state index contributed by atoms with van der Waals surface area (Å²) in [5.41, 5.74) is 3.78. The van der Waals surface area contributed by atoms with Crippen molar-refractivity contribution in [2.24, 2.45) is 10.7 Å². The zero-order valence-corrected chi connectivity index (χ0v) is 19.0. The standard InChI is InChI=1S/C20H28F3N7O4/c1-11-9-33-5-4-29(11)18-27-14(13(7-26-10-24)17(25-3)20(21,22)23)6-16(28-18)30-15(8-31)12(2)34-19(30)32/h6-7,11-12,15,25,31H,4-5,8-10,24H2,1-3H3/b17-13+,26-7?/t11-,12+,15-/m0/s1. The van der Waals surface area contributed by atoms with E-state index in [9.17, 15) is 23.1 Å². The first-order chi connectivity index (χ1) is 16.1. The van der Waals surface area contributed by atoms with Crippen molar-refractivity contribution in [1.29, 1.82) is 0 Å². The van der Waals surface area contributed by atoms with E-state index in [1.807, 2.05) is 6.92 Å². The van der Waals surface area contributed by atoms with Gasteiger partial charge in [-0.2, -0.15) is 18.2 Å². The number of nitrogens with two attached hydrogens (primary N) is 1. The highest BCUT2D eigenvalue weighted by Crippen LogP contribution is 2.33. The Balaban J connectivity index is 2.26. The molecular formula is C20H28F3N7O4. The number of aromatic nitrogens is 2. The molecule has 1 aromatic rings. The number of morpholine rings is 1. The Hall–Kier alpha value is -2.97. The van der Waals surface area contributed by atoms with Gasteiger partial charge in [0, 0.05) is 31.4 Å². The molecule has 1 amide bonds. The van der Waals surface area contributed by atoms with Gasteiger partial charge >= 0.3 is 12.3 Å². The fraction of sp³-hybridized carbons (Fsp3) is 0.600. The Morgan fingerprint density at radius 3 is 2.74 bits per heavy atom. The molecule has 188 valence electrons. The summed E-state index contributed by atoms with van der Waals surface area (Å²) in [6, 6.07) is 0.283. The van der Waals surface area contributed by atoms with E-state index in [0.717, 1.165) is 18.2 Å². The van der Waals surface area contributed by atoms with Crippen molar-refractivity contribution >= 4 is 29.6 Å². The Morgan fingerprint density at radius 2 is 2.15 bits per heavy atom. The van der Waals surface area contributed by atoms with E-state index < -0.39 is 36.7 Å². The molecule has 34 heavy (non-hydrogen) atoms. The van der Waals surface area contributed by atoms with Crippen LogP contribution < -0.4 is 20.9 Å². The van der Waals surface area contributed by atoms with Crippen LogP contribution in [0.25, 0.3) is 5.57 Å². The average molecular weight is 487 g/mol. The van der Waals surface area contributed by atoms with Gasteiger partial charge in [-0.15, -0.1) is 0 Å². The van der Waals surface area contributed by atoms with E-state index in [0.29, 0.717) is 19.8 Å². The number of allylic oxidation sites excluding steroid dienone is 2. The maximum Gasteiger partial charge on any atom is 0.431 e. The molecule has 0 saturated carbocycles. The number of halogens is 3. The van der Waals surface area contributed by atoms with Crippen LogP contribution in [0.15, 0.2) is 16.8 Å². The number of alkyl halides is 3. The number of nitrogens with one attached hydrogen (secondary N) is 1. The van der Waals surface area contributed by atoms with E-state index in [1.165, 1.54) is 6.07 Å². The maximum atomic E-state index is 13.8. The summed E-state index contributed by atoms with van der Waals surface area (Å²) in [6.07, 6.45) is -5.20. The van der Waals surface area contributed by atoms with Crippen LogP contribution in [-0.2, 0) is 9.47 Å². The minimum absolute atomic E-state index is 0.0108. The van der Waals surface area contributed by atoms with Gasteiger partial charge in [-0.25, -0.2) is 9.78 Å². The Morgan fingerprint density at radius 1 is 1.41 bits per heavy atom. The highest BCUT2D eigenvalue weighted by atomic mass is 19.4. The molecule has 0 aromatic carbocycles. The topological polar surface area (TPSA) is 138 Å². The number of nitrogens with zero attached hydrogens (tertiary/aromatic N) is 5. The molecule has 0 bridgehead atoms. The first-order valence-corrected chi connectivity index (χ1v) is 10.7. The van der Waals surface area contributed by atoms with Crippen LogP contribution in [-0.4, -0.2) is 91.8 Å². The Kier molecular flexibility index (Phi) is 7.94. The molecule has 14 heteroatoms. The summed E-state index contributed by atoms with van der Waals surface area (Å²) < 4.78 is 52.1. The van der Waals surface area contributed by atoms with Gasteiger partial charge in [0.25, 0.3) is 0 Å². The minimum Gasteiger partial charge on any atom is -0.444 e. The van der Waals surface area contributed by atoms with E-state index in [1.54, 1.807) is 11.8 Å². The second-order valence-corrected chi connectivity index (χ2v) is 7.77. The Bertz CT molecular complexity index is 957. The number of carbonyl (C=O) groups is 1. The molecule has 0 radical (unpaired) electrons. The Labute approximate surface area is 194 Å². The number of amides is 1. The predicted molar refractivity (Wildman–Crippen MR) is 119 cm³/mol. The first-order valence-electron chi connectivity index (χ1n) is 10.7. The van der Waals surface area contributed by atoms with Gasteiger partial charge in [0.1, 0.15) is 23.7 Å². The zero-order valence-electron chi connectivity index (χ0n) is 19.0. The average Bonchev–Trinajstić information content (AvgIpc) is 3.08. The minimum atomic E-state index is -4.75. The van der Waals surface area contributed by atoms with Crippen LogP contribution >= 0.6 is 0 Å². The van der Waals surface area contributed by atoms with Gasteiger partial charge in [0.05, 0.1) is 38.2 Å². The molecule has 0 unspecified atom stereocenters. The number of rotatable bonds is 7. The molecule has 2 fully saturated rings. The van der Waals surface area contributed by atoms with Crippen LogP contribution in [0.1, 0.15) is 19.5 Å². The third-order valence-corrected chi connectivity index (χ3v) is 5.52. The largest absolute Gasteiger partial charge is 0.444 e. The number of ether oxygens (including phenoxy) is 2. The lowest BCUT2D eigenvalue weighted by atomic mass is 10.1. The van der Waals surface area contributed by atoms with Gasteiger partial charge in [0.15, 0.2) is 0 Å². The van der Waals surface area contributed by atoms with Crippen LogP contribution in [0.5, 0.6) is 0 Å². The summed E-state index contributed by atoms with van der Waals surface area (Å²) in [6.45, 7) is 3.92. The molecule has 11 nitrogen and oxygen atoms in total. The van der Waals surface area contributed by atoms with E-state index in [2.05, 4.69) is 20.3 Å². The number of carbonyl (C=O) groups excluding carboxylic acids is 1. The molecule has 4 N–H and O–H groups in total. The number of aliphatic hydroxyl groups is 1. The van der Waals surface area contributed by atoms with Crippen molar-refractivity contribution in [2.75, 3.05) is 49.9 Å². The molecule has 2 saturated heterocycles. The third-order valence-electron chi connectivity index (χ3n) is 5.52. The number of hydrogen-bond acceptors (Lipinski definition) is 10. The van der Waals surface area contributed by atoms with Gasteiger partial charge in [0.2, 0.25) is 5.95 Å². The second kappa shape index (κ2) is 10.5. The van der Waals surface area contributed by atoms with Crippen molar-refractivity contribution in [3.05, 3.63) is 17.5 Å². The summed E-state index contributed by atoms with van der Waals surface area (Å²) in [5, 5.41) is 12.0. The quantitative estimate of drug-likeness (QED) is 0.479. The number of aliphatic hydroxyl groups excluding tert-OH is 1. The zero-order chi connectivity index (χ0) is 25.0. The summed E-state index contributed by atoms with van der Waals surface area (Å²) in [4.78, 5) is 28.1. The molecule has 2 aliphatic rings. The van der Waals surface area contributed by atoms with E-state index >= 15 is 0 Å². The molecule has 3 heterocycles. The summed E-state index contributed by atoms with van der Waals surface area (Å²) >= 11 is 0. The van der Waals surface area contributed by atoms with Gasteiger partial charge in [-0.3, -0.25) is 9.89 Å². The fourth-order valence-electron chi connectivity index (χ4n) is 3.80. The maximum absolute atomic E-state index is 13.8. The normalized spacial score (nSPS) is 24.5. The van der Waals surface area contributed by atoms with Gasteiger partial charge in [-0.05, 0) is 13.8 Å². The number of hydrogen-bond donors (Lipinski definition) is 3. The second-order valence-electron chi connectivity index (χ2n) is 7.77. The van der Waals surface area contributed by atoms with Crippen molar-refractivity contribution in [2.45, 2.75) is 38.2 Å². The van der Waals surface area contributed by atoms with Crippen molar-refractivity contribution in [3.63, 3.8) is 0 Å². The van der Waals surface area contributed by atoms with E-state index in [4.69, 9.17) is 15.2 Å². The van der Waals surface area contributed by atoms with Crippen molar-refractivity contribution in [3.8, 4) is 0 Å². The van der Waals surface area contributed by atoms with Crippen molar-refractivity contribution < 1.29 is 32.5 Å². The van der Waals surface area contributed by atoms with Crippen LogP contribution in [0, 0.1) is 0 Å². The lowest BCUT2D eigenvalue weighted by Gasteiger charge is -2.34. The van der Waals surface area contributed by atoms with E-state index in [-0.39, 0.29) is 35.7 Å². The predicted octanol–water partition coefficient (Wildman–Crippen LogP) is 0.888. The summed E-state index contributed by atoms with van der Waals surface area (Å²) in [7, 11) is 1.13. The molecule has 2 aliphatic heterocycles. The molecular weight excluding hydrogens is 459 g/mol. The molecule has 0 aliphatic carbocycles. The third kappa shape index (κ3) is 5.23. The molecule has 3 atom stereocenters. The van der Waals surface area contributed by atoms with Gasteiger partial charge < -0.3 is 30.5 Å². The molecule has 1 aromatic heterocycles. The fourth-order valence-corrected chi connectivity index (χ4v) is 3.80. The lowest BCUT2D eigenvalue weighted by molar-refractivity contribution is -0.0952. The SMILES string of the molecule is CN/C(=C(\C=NCN)c1cc(N2C(=O)O[C@H](C)[C@@H]2CO)nc(N2CCOC[C@@H]2C)n1)C(F)(F)F. The van der Waals surface area contributed by atoms with Crippen molar-refractivity contribution in [1.82, 2.24) is 15.3 Å². The molecule has 0 spiro atoms. The smallest absolute Gasteiger partial charge is 0.431 e. The van der Waals surface area contributed by atoms with Crippen LogP contribution in [0.3, 0.4) is 0 Å². The highest BCUT2D eigenvalue weighted by Gasteiger charge is 2.42. The van der Waals surface area contributed by atoms with Crippen LogP contribution in [0.2, 0.25) is 0 Å². The molecule has 3 rings (SSSR count). The number of aliphatic imine (C=N–C) groups is 1. The monoisotopic (exact) mass is 487 g/mol. The highest BCUT2D eigenvalue weighted by molar-refractivity contribution is 6.11. The van der Waals surface area contributed by atoms with Gasteiger partial charge in [-0.1, -0.05) is 0 Å². The lowest BCUT2D eigenvalue weighted by Crippen LogP contribution is -2.45. The first kappa shape index (κ1) is 25.6. The summed E-state index contributed by atoms with van der Waals surface area (Å²) in [5.74, 6) is 0.0898. The number of anilines is 2. The van der Waals surface area contributed by atoms with Crippen LogP contribution in [0.4, 0.5) is 29.7 Å².